The minimum Gasteiger partial charge on any atom is -0.366 e. The average Bonchev–Trinajstić information content (AvgIpc) is 2.79. The predicted octanol–water partition coefficient (Wildman–Crippen LogP) is 3.61. The number of nitrogens with zero attached hydrogens (tertiary/aromatic N) is 2. The molecule has 0 radical (unpaired) electrons. The van der Waals surface area contributed by atoms with Crippen LogP contribution in [0.5, 0.6) is 0 Å². The molecule has 4 atom stereocenters. The van der Waals surface area contributed by atoms with Gasteiger partial charge in [-0.05, 0) is 51.9 Å². The number of hydrazine groups is 1. The van der Waals surface area contributed by atoms with E-state index in [1.165, 1.54) is 12.8 Å². The highest BCUT2D eigenvalue weighted by molar-refractivity contribution is 5.88. The fourth-order valence-corrected chi connectivity index (χ4v) is 3.71. The molecule has 0 aliphatic carbocycles. The highest BCUT2D eigenvalue weighted by atomic mass is 16.5. The van der Waals surface area contributed by atoms with E-state index in [2.05, 4.69) is 39.6 Å². The summed E-state index contributed by atoms with van der Waals surface area (Å²) < 4.78 is 5.92. The van der Waals surface area contributed by atoms with Crippen molar-refractivity contribution in [3.05, 3.63) is 0 Å². The third-order valence-electron chi connectivity index (χ3n) is 5.12. The number of unbranched alkanes of at least 4 members (excludes halogenated alkanes) is 1. The van der Waals surface area contributed by atoms with Crippen molar-refractivity contribution in [3.63, 3.8) is 0 Å². The van der Waals surface area contributed by atoms with Crippen molar-refractivity contribution in [1.29, 1.82) is 0 Å². The number of carbonyl (C=O) groups excluding carboxylic acids is 1. The third-order valence-corrected chi connectivity index (χ3v) is 5.12. The lowest BCUT2D eigenvalue weighted by molar-refractivity contribution is -0.219. The molecule has 0 spiro atoms. The molecule has 0 unspecified atom stereocenters. The maximum Gasteiger partial charge on any atom is 0.268 e. The fourth-order valence-electron chi connectivity index (χ4n) is 3.71. The van der Waals surface area contributed by atoms with Crippen LogP contribution in [0.4, 0.5) is 0 Å². The first-order valence-corrected chi connectivity index (χ1v) is 9.20. The van der Waals surface area contributed by atoms with Crippen LogP contribution in [-0.4, -0.2) is 46.8 Å². The minimum atomic E-state index is -0.203. The number of hydrogen-bond acceptors (Lipinski definition) is 3. The lowest BCUT2D eigenvalue weighted by atomic mass is 9.92. The van der Waals surface area contributed by atoms with Gasteiger partial charge in [0, 0.05) is 18.7 Å². The number of hydrogen-bond donors (Lipinski definition) is 0. The van der Waals surface area contributed by atoms with Gasteiger partial charge in [-0.1, -0.05) is 27.2 Å². The number of carbonyl (C=O) groups is 1. The highest BCUT2D eigenvalue weighted by Gasteiger charge is 2.53. The molecular weight excluding hydrogens is 276 g/mol. The van der Waals surface area contributed by atoms with Crippen LogP contribution in [0, 0.1) is 5.92 Å². The maximum absolute atomic E-state index is 12.6. The van der Waals surface area contributed by atoms with E-state index >= 15 is 0 Å². The van der Waals surface area contributed by atoms with Gasteiger partial charge >= 0.3 is 0 Å². The Bertz CT molecular complexity index is 362. The first-order valence-electron chi connectivity index (χ1n) is 9.20. The molecular formula is C18H34N2O2. The van der Waals surface area contributed by atoms with Crippen molar-refractivity contribution in [2.45, 2.75) is 97.4 Å². The Kier molecular flexibility index (Phi) is 6.27. The predicted molar refractivity (Wildman–Crippen MR) is 89.4 cm³/mol. The molecule has 2 heterocycles. The van der Waals surface area contributed by atoms with Gasteiger partial charge < -0.3 is 4.74 Å². The van der Waals surface area contributed by atoms with Crippen LogP contribution in [0.15, 0.2) is 0 Å². The Balaban J connectivity index is 2.02. The van der Waals surface area contributed by atoms with Gasteiger partial charge in [-0.2, -0.15) is 0 Å². The van der Waals surface area contributed by atoms with Gasteiger partial charge in [0.15, 0.2) is 6.10 Å². The monoisotopic (exact) mass is 310 g/mol. The van der Waals surface area contributed by atoms with Crippen molar-refractivity contribution >= 4 is 5.91 Å². The van der Waals surface area contributed by atoms with E-state index < -0.39 is 0 Å². The topological polar surface area (TPSA) is 32.8 Å². The van der Waals surface area contributed by atoms with Crippen molar-refractivity contribution in [3.8, 4) is 0 Å². The minimum absolute atomic E-state index is 0.186. The van der Waals surface area contributed by atoms with E-state index in [0.29, 0.717) is 24.6 Å². The lowest BCUT2D eigenvalue weighted by Gasteiger charge is -2.53. The largest absolute Gasteiger partial charge is 0.366 e. The van der Waals surface area contributed by atoms with E-state index in [1.54, 1.807) is 0 Å². The summed E-state index contributed by atoms with van der Waals surface area (Å²) in [6.45, 7) is 11.8. The molecule has 2 rings (SSSR count). The molecule has 0 bridgehead atoms. The Hall–Kier alpha value is -0.610. The van der Waals surface area contributed by atoms with Crippen molar-refractivity contribution < 1.29 is 9.53 Å². The van der Waals surface area contributed by atoms with Crippen molar-refractivity contribution in [1.82, 2.24) is 10.0 Å². The number of rotatable bonds is 8. The first kappa shape index (κ1) is 17.7. The summed E-state index contributed by atoms with van der Waals surface area (Å²) in [5.74, 6) is 0.854. The Labute approximate surface area is 136 Å². The van der Waals surface area contributed by atoms with Crippen molar-refractivity contribution in [2.75, 3.05) is 6.61 Å². The number of amides is 1. The standard InChI is InChI=1S/C18H34N2O2/c1-6-7-12-22-17-16(11-8-13(2)3)20(18(17)21)19-14(4)9-10-15(19)5/h13-17H,6-12H2,1-5H3/t14-,15-,16+,17-/m1/s1. The van der Waals surface area contributed by atoms with Crippen LogP contribution in [0.25, 0.3) is 0 Å². The molecule has 4 heteroatoms. The number of ether oxygens (including phenoxy) is 1. The first-order chi connectivity index (χ1) is 10.5. The Morgan fingerprint density at radius 2 is 1.86 bits per heavy atom. The van der Waals surface area contributed by atoms with E-state index in [-0.39, 0.29) is 18.1 Å². The fraction of sp³-hybridized carbons (Fsp3) is 0.944. The summed E-state index contributed by atoms with van der Waals surface area (Å²) in [6, 6.07) is 1.18. The molecule has 2 aliphatic heterocycles. The quantitative estimate of drug-likeness (QED) is 0.507. The van der Waals surface area contributed by atoms with Gasteiger partial charge in [-0.25, -0.2) is 5.01 Å². The molecule has 2 fully saturated rings. The zero-order valence-corrected chi connectivity index (χ0v) is 15.0. The molecule has 0 aromatic heterocycles. The van der Waals surface area contributed by atoms with Crippen LogP contribution in [-0.2, 0) is 9.53 Å². The second kappa shape index (κ2) is 7.78. The van der Waals surface area contributed by atoms with E-state index in [9.17, 15) is 4.79 Å². The third kappa shape index (κ3) is 3.65. The summed E-state index contributed by atoms with van der Waals surface area (Å²) in [5, 5.41) is 4.37. The summed E-state index contributed by atoms with van der Waals surface area (Å²) in [7, 11) is 0. The Morgan fingerprint density at radius 1 is 1.23 bits per heavy atom. The van der Waals surface area contributed by atoms with Gasteiger partial charge in [0.25, 0.3) is 5.91 Å². The van der Waals surface area contributed by atoms with Gasteiger partial charge in [0.1, 0.15) is 0 Å². The summed E-state index contributed by atoms with van der Waals surface area (Å²) in [5.41, 5.74) is 0. The van der Waals surface area contributed by atoms with Crippen LogP contribution < -0.4 is 0 Å². The second-order valence-electron chi connectivity index (χ2n) is 7.52. The van der Waals surface area contributed by atoms with Gasteiger partial charge in [-0.3, -0.25) is 9.80 Å². The molecule has 2 saturated heterocycles. The number of β-lactam (4-membered cyclic amide) rings is 1. The smallest absolute Gasteiger partial charge is 0.268 e. The molecule has 2 aliphatic rings. The normalized spacial score (nSPS) is 32.8. The average molecular weight is 310 g/mol. The molecule has 128 valence electrons. The van der Waals surface area contributed by atoms with E-state index in [0.717, 1.165) is 25.7 Å². The van der Waals surface area contributed by atoms with Crippen molar-refractivity contribution in [2.24, 2.45) is 5.92 Å². The Morgan fingerprint density at radius 3 is 2.41 bits per heavy atom. The van der Waals surface area contributed by atoms with Gasteiger partial charge in [0.05, 0.1) is 6.04 Å². The molecule has 0 saturated carbocycles. The van der Waals surface area contributed by atoms with Crippen LogP contribution >= 0.6 is 0 Å². The summed E-state index contributed by atoms with van der Waals surface area (Å²) in [6.07, 6.45) is 6.52. The molecule has 4 nitrogen and oxygen atoms in total. The second-order valence-corrected chi connectivity index (χ2v) is 7.52. The zero-order valence-electron chi connectivity index (χ0n) is 15.0. The summed E-state index contributed by atoms with van der Waals surface area (Å²) in [4.78, 5) is 12.6. The maximum atomic E-state index is 12.6. The lowest BCUT2D eigenvalue weighted by Crippen LogP contribution is -2.72. The summed E-state index contributed by atoms with van der Waals surface area (Å²) >= 11 is 0. The highest BCUT2D eigenvalue weighted by Crippen LogP contribution is 2.36. The molecule has 0 aromatic rings. The molecule has 1 amide bonds. The molecule has 22 heavy (non-hydrogen) atoms. The van der Waals surface area contributed by atoms with Crippen LogP contribution in [0.1, 0.15) is 73.1 Å². The van der Waals surface area contributed by atoms with E-state index in [4.69, 9.17) is 4.74 Å². The molecule has 0 N–H and O–H groups in total. The molecule has 0 aromatic carbocycles. The SMILES string of the molecule is CCCCO[C@H]1C(=O)N(N2[C@H](C)CC[C@H]2C)[C@H]1CCC(C)C. The zero-order chi connectivity index (χ0) is 16.3. The van der Waals surface area contributed by atoms with E-state index in [1.807, 2.05) is 5.01 Å². The van der Waals surface area contributed by atoms with Crippen LogP contribution in [0.2, 0.25) is 0 Å². The van der Waals surface area contributed by atoms with Crippen LogP contribution in [0.3, 0.4) is 0 Å². The van der Waals surface area contributed by atoms with Gasteiger partial charge in [0.2, 0.25) is 0 Å². The van der Waals surface area contributed by atoms with Gasteiger partial charge in [-0.15, -0.1) is 0 Å².